The Morgan fingerprint density at radius 3 is 3.00 bits per heavy atom. The third kappa shape index (κ3) is 2.18. The number of carboxylic acid groups (broad SMARTS) is 1. The fraction of sp³-hybridized carbons (Fsp3) is 0.400. The molecule has 2 atom stereocenters. The zero-order valence-corrected chi connectivity index (χ0v) is 14.3. The van der Waals surface area contributed by atoms with Crippen molar-refractivity contribution in [3.63, 3.8) is 0 Å². The number of benzene rings is 1. The first-order valence-electron chi connectivity index (χ1n) is 7.49. The molecule has 0 spiro atoms. The number of anilines is 1. The molecule has 3 heterocycles. The Kier molecular flexibility index (Phi) is 3.48. The van der Waals surface area contributed by atoms with Crippen molar-refractivity contribution in [3.05, 3.63) is 22.7 Å². The van der Waals surface area contributed by atoms with Gasteiger partial charge in [0.15, 0.2) is 5.82 Å². The molecule has 0 bridgehead atoms. The van der Waals surface area contributed by atoms with Gasteiger partial charge in [-0.2, -0.15) is 0 Å². The van der Waals surface area contributed by atoms with Crippen molar-refractivity contribution >= 4 is 38.7 Å². The lowest BCUT2D eigenvalue weighted by Gasteiger charge is -2.43. The molecule has 4 rings (SSSR count). The Morgan fingerprint density at radius 2 is 2.25 bits per heavy atom. The molecule has 2 aliphatic heterocycles. The van der Waals surface area contributed by atoms with E-state index in [1.807, 2.05) is 11.8 Å². The highest BCUT2D eigenvalue weighted by Gasteiger charge is 2.38. The second kappa shape index (κ2) is 5.44. The van der Waals surface area contributed by atoms with Crippen LogP contribution >= 0.6 is 15.9 Å². The fourth-order valence-electron chi connectivity index (χ4n) is 3.36. The lowest BCUT2D eigenvalue weighted by molar-refractivity contribution is 0.105. The molecule has 1 saturated heterocycles. The number of nitrogens with zero attached hydrogens (tertiary/aromatic N) is 4. The Labute approximate surface area is 145 Å². The van der Waals surface area contributed by atoms with Crippen molar-refractivity contribution in [2.75, 3.05) is 24.6 Å². The molecule has 24 heavy (non-hydrogen) atoms. The first kappa shape index (κ1) is 15.4. The smallest absolute Gasteiger partial charge is 0.407 e. The van der Waals surface area contributed by atoms with Crippen molar-refractivity contribution in [2.24, 2.45) is 0 Å². The van der Waals surface area contributed by atoms with E-state index in [0.717, 1.165) is 0 Å². The summed E-state index contributed by atoms with van der Waals surface area (Å²) < 4.78 is 20.5. The van der Waals surface area contributed by atoms with Crippen LogP contribution in [0.3, 0.4) is 0 Å². The van der Waals surface area contributed by atoms with Gasteiger partial charge in [0.1, 0.15) is 30.0 Å². The summed E-state index contributed by atoms with van der Waals surface area (Å²) in [6.45, 7) is 2.90. The summed E-state index contributed by atoms with van der Waals surface area (Å²) in [5, 5.41) is 9.88. The number of rotatable bonds is 0. The van der Waals surface area contributed by atoms with Crippen LogP contribution in [0.15, 0.2) is 16.9 Å². The van der Waals surface area contributed by atoms with E-state index in [-0.39, 0.29) is 22.1 Å². The summed E-state index contributed by atoms with van der Waals surface area (Å²) in [6.07, 6.45) is 0.374. The summed E-state index contributed by atoms with van der Waals surface area (Å²) in [6, 6.07) is 1.18. The SMILES string of the molecule is C[C@H]1CN2c3ncnc4c(F)c(Br)cc(c34)OC[C@@H]2CN1C(=O)O. The van der Waals surface area contributed by atoms with Crippen LogP contribution in [0.2, 0.25) is 0 Å². The molecular formula is C15H14BrFN4O3. The maximum absolute atomic E-state index is 14.4. The van der Waals surface area contributed by atoms with Crippen LogP contribution in [-0.4, -0.2) is 57.8 Å². The van der Waals surface area contributed by atoms with Crippen LogP contribution < -0.4 is 9.64 Å². The maximum Gasteiger partial charge on any atom is 0.407 e. The Hall–Kier alpha value is -2.16. The molecule has 1 N–H and O–H groups in total. The predicted molar refractivity (Wildman–Crippen MR) is 88.0 cm³/mol. The predicted octanol–water partition coefficient (Wildman–Crippen LogP) is 2.48. The van der Waals surface area contributed by atoms with Gasteiger partial charge in [-0.05, 0) is 28.9 Å². The molecule has 7 nitrogen and oxygen atoms in total. The first-order valence-corrected chi connectivity index (χ1v) is 8.28. The van der Waals surface area contributed by atoms with Gasteiger partial charge in [0.2, 0.25) is 0 Å². The summed E-state index contributed by atoms with van der Waals surface area (Å²) in [4.78, 5) is 23.2. The van der Waals surface area contributed by atoms with Gasteiger partial charge >= 0.3 is 6.09 Å². The topological polar surface area (TPSA) is 78.8 Å². The number of hydrogen-bond donors (Lipinski definition) is 1. The van der Waals surface area contributed by atoms with E-state index in [9.17, 15) is 14.3 Å². The minimum absolute atomic E-state index is 0.190. The minimum atomic E-state index is -0.953. The van der Waals surface area contributed by atoms with Crippen LogP contribution in [0, 0.1) is 5.82 Å². The average Bonchev–Trinajstić information content (AvgIpc) is 2.70. The van der Waals surface area contributed by atoms with Gasteiger partial charge in [-0.25, -0.2) is 19.2 Å². The van der Waals surface area contributed by atoms with Gasteiger partial charge in [-0.15, -0.1) is 0 Å². The molecule has 1 fully saturated rings. The van der Waals surface area contributed by atoms with E-state index in [1.165, 1.54) is 11.2 Å². The number of carbonyl (C=O) groups is 1. The van der Waals surface area contributed by atoms with E-state index < -0.39 is 11.9 Å². The van der Waals surface area contributed by atoms with Gasteiger partial charge < -0.3 is 19.6 Å². The molecule has 2 aliphatic rings. The quantitative estimate of drug-likeness (QED) is 0.736. The van der Waals surface area contributed by atoms with Crippen LogP contribution in [0.25, 0.3) is 10.9 Å². The molecule has 1 aromatic heterocycles. The van der Waals surface area contributed by atoms with Gasteiger partial charge in [0.05, 0.1) is 15.9 Å². The number of piperazine rings is 1. The Bertz CT molecular complexity index is 849. The standard InChI is InChI=1S/C15H14BrFN4O3/c1-7-3-21-8(4-20(7)15(22)23)5-24-10-2-9(16)12(17)13-11(10)14(21)19-6-18-13/h2,6-8H,3-5H2,1H3,(H,22,23)/t7-,8-/m0/s1. The largest absolute Gasteiger partial charge is 0.490 e. The van der Waals surface area contributed by atoms with Crippen LogP contribution in [-0.2, 0) is 0 Å². The number of ether oxygens (including phenoxy) is 1. The minimum Gasteiger partial charge on any atom is -0.490 e. The number of amides is 1. The van der Waals surface area contributed by atoms with E-state index in [2.05, 4.69) is 25.9 Å². The molecule has 0 unspecified atom stereocenters. The van der Waals surface area contributed by atoms with Crippen molar-refractivity contribution in [1.82, 2.24) is 14.9 Å². The summed E-state index contributed by atoms with van der Waals surface area (Å²) in [7, 11) is 0. The van der Waals surface area contributed by atoms with E-state index in [4.69, 9.17) is 4.74 Å². The molecule has 1 aromatic carbocycles. The average molecular weight is 397 g/mol. The number of aromatic nitrogens is 2. The normalized spacial score (nSPS) is 22.8. The lowest BCUT2D eigenvalue weighted by atomic mass is 10.1. The van der Waals surface area contributed by atoms with E-state index in [0.29, 0.717) is 36.6 Å². The zero-order valence-electron chi connectivity index (χ0n) is 12.7. The van der Waals surface area contributed by atoms with Crippen molar-refractivity contribution < 1.29 is 19.0 Å². The molecule has 9 heteroatoms. The molecule has 2 aromatic rings. The highest BCUT2D eigenvalue weighted by Crippen LogP contribution is 2.40. The second-order valence-electron chi connectivity index (χ2n) is 5.99. The van der Waals surface area contributed by atoms with Crippen LogP contribution in [0.1, 0.15) is 6.92 Å². The van der Waals surface area contributed by atoms with Crippen LogP contribution in [0.4, 0.5) is 15.0 Å². The number of halogens is 2. The zero-order chi connectivity index (χ0) is 17.0. The highest BCUT2D eigenvalue weighted by atomic mass is 79.9. The number of fused-ring (bicyclic) bond motifs is 2. The Balaban J connectivity index is 1.87. The summed E-state index contributed by atoms with van der Waals surface area (Å²) in [5.74, 6) is 0.621. The fourth-order valence-corrected chi connectivity index (χ4v) is 3.75. The Morgan fingerprint density at radius 1 is 1.46 bits per heavy atom. The molecule has 0 saturated carbocycles. The lowest BCUT2D eigenvalue weighted by Crippen LogP contribution is -2.60. The third-order valence-corrected chi connectivity index (χ3v) is 5.12. The van der Waals surface area contributed by atoms with Gasteiger partial charge in [0.25, 0.3) is 0 Å². The van der Waals surface area contributed by atoms with Gasteiger partial charge in [-0.1, -0.05) is 0 Å². The van der Waals surface area contributed by atoms with Crippen molar-refractivity contribution in [3.8, 4) is 5.75 Å². The second-order valence-corrected chi connectivity index (χ2v) is 6.85. The molecule has 0 radical (unpaired) electrons. The van der Waals surface area contributed by atoms with E-state index >= 15 is 0 Å². The maximum atomic E-state index is 14.4. The van der Waals surface area contributed by atoms with Crippen molar-refractivity contribution in [1.29, 1.82) is 0 Å². The van der Waals surface area contributed by atoms with Crippen LogP contribution in [0.5, 0.6) is 5.75 Å². The first-order chi connectivity index (χ1) is 11.5. The van der Waals surface area contributed by atoms with Crippen molar-refractivity contribution in [2.45, 2.75) is 19.0 Å². The van der Waals surface area contributed by atoms with Gasteiger partial charge in [0, 0.05) is 19.1 Å². The summed E-state index contributed by atoms with van der Waals surface area (Å²) >= 11 is 3.18. The highest BCUT2D eigenvalue weighted by molar-refractivity contribution is 9.10. The van der Waals surface area contributed by atoms with E-state index in [1.54, 1.807) is 6.07 Å². The molecule has 126 valence electrons. The molecular weight excluding hydrogens is 383 g/mol. The monoisotopic (exact) mass is 396 g/mol. The van der Waals surface area contributed by atoms with Gasteiger partial charge in [-0.3, -0.25) is 0 Å². The molecule has 0 aliphatic carbocycles. The number of hydrogen-bond acceptors (Lipinski definition) is 5. The summed E-state index contributed by atoms with van der Waals surface area (Å²) in [5.41, 5.74) is 0.193. The third-order valence-electron chi connectivity index (χ3n) is 4.54. The molecule has 1 amide bonds.